The van der Waals surface area contributed by atoms with E-state index in [1.165, 1.54) is 96.3 Å². The molecule has 0 aromatic heterocycles. The van der Waals surface area contributed by atoms with Crippen LogP contribution < -0.4 is 0 Å². The standard InChI is InChI=1S/C41H76O12S/c1-3-5-7-9-11-13-15-17-19-21-23-25-27-29-36(42)50-31-34(32-51-41-40(46)39(45)38(44)35(53-41)33-54(47,48)49)52-37(43)30-28-26-24-22-20-18-16-14-12-10-8-6-4-2/h17,19,34-35,38-41,44-46H,3-16,18,20-33H2,1-2H3,(H,47,48,49)/b19-17+/t34-,35+,38+,39?,40?,41-/m1/s1. The van der Waals surface area contributed by atoms with Crippen molar-refractivity contribution in [1.29, 1.82) is 0 Å². The molecule has 0 aromatic rings. The molecule has 12 nitrogen and oxygen atoms in total. The summed E-state index contributed by atoms with van der Waals surface area (Å²) in [6.45, 7) is 3.73. The predicted molar refractivity (Wildman–Crippen MR) is 210 cm³/mol. The van der Waals surface area contributed by atoms with Gasteiger partial charge in [0.2, 0.25) is 0 Å². The van der Waals surface area contributed by atoms with Crippen LogP contribution in [0.25, 0.3) is 0 Å². The van der Waals surface area contributed by atoms with E-state index in [0.717, 1.165) is 44.9 Å². The van der Waals surface area contributed by atoms with Gasteiger partial charge in [0.05, 0.1) is 6.61 Å². The molecule has 0 aliphatic carbocycles. The first-order chi connectivity index (χ1) is 26.0. The number of rotatable bonds is 35. The zero-order chi connectivity index (χ0) is 39.9. The minimum Gasteiger partial charge on any atom is -0.462 e. The first-order valence-corrected chi connectivity index (χ1v) is 22.9. The van der Waals surface area contributed by atoms with Gasteiger partial charge in [0, 0.05) is 12.8 Å². The number of allylic oxidation sites excluding steroid dienone is 2. The second kappa shape index (κ2) is 32.5. The van der Waals surface area contributed by atoms with Crippen LogP contribution in [-0.4, -0.2) is 96.0 Å². The fourth-order valence-electron chi connectivity index (χ4n) is 6.49. The topological polar surface area (TPSA) is 186 Å². The molecule has 4 N–H and O–H groups in total. The van der Waals surface area contributed by atoms with Crippen molar-refractivity contribution in [3.8, 4) is 0 Å². The third-order valence-corrected chi connectivity index (χ3v) is 10.6. The Morgan fingerprint density at radius 1 is 0.611 bits per heavy atom. The van der Waals surface area contributed by atoms with Crippen LogP contribution in [0.4, 0.5) is 0 Å². The lowest BCUT2D eigenvalue weighted by Gasteiger charge is -2.40. The fourth-order valence-corrected chi connectivity index (χ4v) is 7.19. The van der Waals surface area contributed by atoms with Gasteiger partial charge in [0.15, 0.2) is 12.4 Å². The monoisotopic (exact) mass is 793 g/mol. The number of aliphatic hydroxyl groups is 3. The quantitative estimate of drug-likeness (QED) is 0.0211. The molecule has 54 heavy (non-hydrogen) atoms. The molecule has 0 aromatic carbocycles. The number of esters is 2. The average Bonchev–Trinajstić information content (AvgIpc) is 3.13. The Kier molecular flexibility index (Phi) is 30.3. The van der Waals surface area contributed by atoms with Crippen LogP contribution in [0.3, 0.4) is 0 Å². The van der Waals surface area contributed by atoms with Crippen LogP contribution in [0, 0.1) is 0 Å². The molecular weight excluding hydrogens is 717 g/mol. The summed E-state index contributed by atoms with van der Waals surface area (Å²) in [6, 6.07) is 0. The first-order valence-electron chi connectivity index (χ1n) is 21.2. The number of hydrogen-bond acceptors (Lipinski definition) is 11. The van der Waals surface area contributed by atoms with Crippen molar-refractivity contribution in [2.24, 2.45) is 0 Å². The summed E-state index contributed by atoms with van der Waals surface area (Å²) in [5.41, 5.74) is 0. The highest BCUT2D eigenvalue weighted by Gasteiger charge is 2.46. The maximum Gasteiger partial charge on any atom is 0.306 e. The van der Waals surface area contributed by atoms with Crippen LogP contribution in [-0.2, 0) is 38.7 Å². The molecule has 0 saturated carbocycles. The van der Waals surface area contributed by atoms with Crippen LogP contribution in [0.15, 0.2) is 12.2 Å². The van der Waals surface area contributed by atoms with Gasteiger partial charge in [-0.05, 0) is 38.5 Å². The van der Waals surface area contributed by atoms with E-state index in [1.807, 2.05) is 0 Å². The van der Waals surface area contributed by atoms with Crippen molar-refractivity contribution >= 4 is 22.1 Å². The predicted octanol–water partition coefficient (Wildman–Crippen LogP) is 7.89. The minimum atomic E-state index is -4.60. The Morgan fingerprint density at radius 3 is 1.56 bits per heavy atom. The van der Waals surface area contributed by atoms with E-state index in [1.54, 1.807) is 0 Å². The van der Waals surface area contributed by atoms with Crippen LogP contribution in [0.2, 0.25) is 0 Å². The summed E-state index contributed by atoms with van der Waals surface area (Å²) in [6.07, 6.45) is 22.6. The Morgan fingerprint density at radius 2 is 1.06 bits per heavy atom. The first kappa shape index (κ1) is 50.4. The zero-order valence-corrected chi connectivity index (χ0v) is 34.4. The van der Waals surface area contributed by atoms with Crippen LogP contribution >= 0.6 is 0 Å². The van der Waals surface area contributed by atoms with Crippen molar-refractivity contribution < 1.29 is 56.8 Å². The Hall–Kier alpha value is -1.61. The third kappa shape index (κ3) is 27.1. The van der Waals surface area contributed by atoms with E-state index in [4.69, 9.17) is 18.9 Å². The Bertz CT molecular complexity index is 1070. The molecule has 13 heteroatoms. The molecule has 1 saturated heterocycles. The zero-order valence-electron chi connectivity index (χ0n) is 33.6. The van der Waals surface area contributed by atoms with Gasteiger partial charge >= 0.3 is 11.9 Å². The SMILES string of the molecule is CCCCCCCC/C=C/CCCCCC(=O)OC[C@H](CO[C@@H]1O[C@@H](CS(=O)(=O)O)[C@H](O)C(O)C1O)OC(=O)CCCCCCCCCCCCCCC. The number of carbonyl (C=O) groups excluding carboxylic acids is 2. The summed E-state index contributed by atoms with van der Waals surface area (Å²) < 4.78 is 53.9. The smallest absolute Gasteiger partial charge is 0.306 e. The summed E-state index contributed by atoms with van der Waals surface area (Å²) in [7, 11) is -4.60. The maximum absolute atomic E-state index is 12.8. The maximum atomic E-state index is 12.8. The van der Waals surface area contributed by atoms with Crippen molar-refractivity contribution in [1.82, 2.24) is 0 Å². The minimum absolute atomic E-state index is 0.166. The van der Waals surface area contributed by atoms with E-state index < -0.39 is 71.2 Å². The third-order valence-electron chi connectivity index (χ3n) is 9.85. The Balaban J connectivity index is 2.49. The largest absolute Gasteiger partial charge is 0.462 e. The molecule has 1 rings (SSSR count). The van der Waals surface area contributed by atoms with Crippen LogP contribution in [0.1, 0.15) is 181 Å². The highest BCUT2D eigenvalue weighted by Crippen LogP contribution is 2.24. The Labute approximate surface area is 326 Å². The van der Waals surface area contributed by atoms with Gasteiger partial charge in [-0.25, -0.2) is 0 Å². The van der Waals surface area contributed by atoms with E-state index >= 15 is 0 Å². The average molecular weight is 793 g/mol. The number of ether oxygens (including phenoxy) is 4. The van der Waals surface area contributed by atoms with Gasteiger partial charge in [0.25, 0.3) is 10.1 Å². The van der Waals surface area contributed by atoms with Crippen LogP contribution in [0.5, 0.6) is 0 Å². The van der Waals surface area contributed by atoms with Crippen molar-refractivity contribution in [2.75, 3.05) is 19.0 Å². The second-order valence-corrected chi connectivity index (χ2v) is 16.5. The molecule has 318 valence electrons. The lowest BCUT2D eigenvalue weighted by molar-refractivity contribution is -0.297. The number of unbranched alkanes of at least 4 members (excludes halogenated alkanes) is 21. The fraction of sp³-hybridized carbons (Fsp3) is 0.902. The summed E-state index contributed by atoms with van der Waals surface area (Å²) in [4.78, 5) is 25.3. The number of hydrogen-bond donors (Lipinski definition) is 4. The van der Waals surface area contributed by atoms with E-state index in [0.29, 0.717) is 12.8 Å². The molecule has 1 aliphatic rings. The van der Waals surface area contributed by atoms with Gasteiger partial charge < -0.3 is 34.3 Å². The normalized spacial score (nSPS) is 21.0. The number of carbonyl (C=O) groups is 2. The lowest BCUT2D eigenvalue weighted by Crippen LogP contribution is -2.60. The molecule has 1 fully saturated rings. The van der Waals surface area contributed by atoms with Gasteiger partial charge in [-0.3, -0.25) is 14.1 Å². The van der Waals surface area contributed by atoms with Gasteiger partial charge in [-0.15, -0.1) is 0 Å². The van der Waals surface area contributed by atoms with E-state index in [2.05, 4.69) is 26.0 Å². The van der Waals surface area contributed by atoms with Crippen molar-refractivity contribution in [3.05, 3.63) is 12.2 Å². The molecular formula is C41H76O12S. The molecule has 1 heterocycles. The second-order valence-electron chi connectivity index (χ2n) is 15.0. The van der Waals surface area contributed by atoms with E-state index in [9.17, 15) is 37.9 Å². The van der Waals surface area contributed by atoms with Gasteiger partial charge in [-0.1, -0.05) is 142 Å². The molecule has 1 aliphatic heterocycles. The highest BCUT2D eigenvalue weighted by molar-refractivity contribution is 7.85. The molecule has 0 spiro atoms. The molecule has 2 unspecified atom stereocenters. The lowest BCUT2D eigenvalue weighted by atomic mass is 10.00. The van der Waals surface area contributed by atoms with E-state index in [-0.39, 0.29) is 19.4 Å². The van der Waals surface area contributed by atoms with Crippen molar-refractivity contribution in [3.63, 3.8) is 0 Å². The van der Waals surface area contributed by atoms with Crippen molar-refractivity contribution in [2.45, 2.75) is 218 Å². The molecule has 6 atom stereocenters. The van der Waals surface area contributed by atoms with Gasteiger partial charge in [-0.2, -0.15) is 8.42 Å². The summed E-state index contributed by atoms with van der Waals surface area (Å²) in [5, 5.41) is 30.8. The van der Waals surface area contributed by atoms with Gasteiger partial charge in [0.1, 0.15) is 36.8 Å². The summed E-state index contributed by atoms with van der Waals surface area (Å²) >= 11 is 0. The molecule has 0 bridgehead atoms. The molecule has 0 radical (unpaired) electrons. The highest BCUT2D eigenvalue weighted by atomic mass is 32.2. The summed E-state index contributed by atoms with van der Waals surface area (Å²) in [5.74, 6) is -1.99. The number of aliphatic hydroxyl groups excluding tert-OH is 3. The molecule has 0 amide bonds.